The molecule has 1 N–H and O–H groups in total. The summed E-state index contributed by atoms with van der Waals surface area (Å²) < 4.78 is 13.7. The number of aromatic nitrogens is 3. The SMILES string of the molecule is Oc1oc(-c2ccccc2)nc1C=Nc1cccc2nsnc12. The van der Waals surface area contributed by atoms with Gasteiger partial charge in [-0.25, -0.2) is 4.98 Å². The van der Waals surface area contributed by atoms with E-state index in [0.717, 1.165) is 28.3 Å². The van der Waals surface area contributed by atoms with E-state index in [9.17, 15) is 5.11 Å². The molecule has 2 heterocycles. The topological polar surface area (TPSA) is 84.4 Å². The molecule has 4 aromatic rings. The Balaban J connectivity index is 1.69. The Kier molecular flexibility index (Phi) is 3.32. The van der Waals surface area contributed by atoms with Crippen molar-refractivity contribution in [1.29, 1.82) is 0 Å². The minimum absolute atomic E-state index is 0.267. The number of fused-ring (bicyclic) bond motifs is 1. The molecular formula is C16H10N4O2S. The lowest BCUT2D eigenvalue weighted by Gasteiger charge is -1.92. The summed E-state index contributed by atoms with van der Waals surface area (Å²) in [5, 5.41) is 9.90. The van der Waals surface area contributed by atoms with Crippen LogP contribution in [0.1, 0.15) is 5.69 Å². The molecule has 0 saturated heterocycles. The lowest BCUT2D eigenvalue weighted by Crippen LogP contribution is -1.83. The van der Waals surface area contributed by atoms with Gasteiger partial charge in [0.15, 0.2) is 5.69 Å². The number of hydrogen-bond donors (Lipinski definition) is 1. The number of oxazole rings is 1. The van der Waals surface area contributed by atoms with E-state index in [2.05, 4.69) is 18.7 Å². The van der Waals surface area contributed by atoms with Gasteiger partial charge in [-0.2, -0.15) is 8.75 Å². The number of benzene rings is 2. The van der Waals surface area contributed by atoms with Crippen LogP contribution in [-0.2, 0) is 0 Å². The summed E-state index contributed by atoms with van der Waals surface area (Å²) in [6, 6.07) is 14.9. The van der Waals surface area contributed by atoms with Crippen LogP contribution in [-0.4, -0.2) is 25.1 Å². The average Bonchev–Trinajstić information content (AvgIpc) is 3.20. The van der Waals surface area contributed by atoms with Crippen LogP contribution in [0.5, 0.6) is 5.95 Å². The quantitative estimate of drug-likeness (QED) is 0.580. The second-order valence-electron chi connectivity index (χ2n) is 4.74. The fourth-order valence-electron chi connectivity index (χ4n) is 2.14. The van der Waals surface area contributed by atoms with Crippen molar-refractivity contribution in [3.05, 3.63) is 54.2 Å². The molecule has 0 aliphatic carbocycles. The van der Waals surface area contributed by atoms with E-state index in [1.54, 1.807) is 0 Å². The summed E-state index contributed by atoms with van der Waals surface area (Å²) in [6.07, 6.45) is 1.46. The van der Waals surface area contributed by atoms with Crippen LogP contribution in [0.2, 0.25) is 0 Å². The molecule has 0 spiro atoms. The van der Waals surface area contributed by atoms with E-state index >= 15 is 0 Å². The molecule has 0 bridgehead atoms. The summed E-state index contributed by atoms with van der Waals surface area (Å²) in [4.78, 5) is 8.60. The van der Waals surface area contributed by atoms with Gasteiger partial charge in [0.25, 0.3) is 0 Å². The second-order valence-corrected chi connectivity index (χ2v) is 5.27. The van der Waals surface area contributed by atoms with E-state index in [1.807, 2.05) is 48.5 Å². The predicted molar refractivity (Wildman–Crippen MR) is 88.3 cm³/mol. The highest BCUT2D eigenvalue weighted by atomic mass is 32.1. The third-order valence-electron chi connectivity index (χ3n) is 3.25. The molecule has 0 saturated carbocycles. The minimum atomic E-state index is -0.267. The molecule has 0 aliphatic rings. The molecule has 112 valence electrons. The maximum absolute atomic E-state index is 9.90. The van der Waals surface area contributed by atoms with Crippen molar-refractivity contribution in [1.82, 2.24) is 13.7 Å². The zero-order valence-electron chi connectivity index (χ0n) is 11.7. The Labute approximate surface area is 135 Å². The van der Waals surface area contributed by atoms with Gasteiger partial charge in [-0.05, 0) is 24.3 Å². The van der Waals surface area contributed by atoms with E-state index in [0.29, 0.717) is 11.6 Å². The van der Waals surface area contributed by atoms with E-state index < -0.39 is 0 Å². The van der Waals surface area contributed by atoms with Gasteiger partial charge in [0.05, 0.1) is 23.6 Å². The molecule has 7 heteroatoms. The van der Waals surface area contributed by atoms with Gasteiger partial charge in [-0.1, -0.05) is 24.3 Å². The maximum Gasteiger partial charge on any atom is 0.312 e. The van der Waals surface area contributed by atoms with Crippen molar-refractivity contribution in [2.75, 3.05) is 0 Å². The highest BCUT2D eigenvalue weighted by molar-refractivity contribution is 7.00. The molecule has 0 atom stereocenters. The smallest absolute Gasteiger partial charge is 0.312 e. The first-order valence-electron chi connectivity index (χ1n) is 6.82. The molecule has 23 heavy (non-hydrogen) atoms. The summed E-state index contributed by atoms with van der Waals surface area (Å²) >= 11 is 1.14. The van der Waals surface area contributed by atoms with Gasteiger partial charge < -0.3 is 9.52 Å². The third-order valence-corrected chi connectivity index (χ3v) is 3.79. The molecule has 2 aromatic heterocycles. The average molecular weight is 322 g/mol. The Hall–Kier alpha value is -3.06. The van der Waals surface area contributed by atoms with Crippen molar-refractivity contribution >= 4 is 34.7 Å². The molecule has 4 rings (SSSR count). The summed E-state index contributed by atoms with van der Waals surface area (Å²) in [5.41, 5.74) is 3.23. The molecule has 0 radical (unpaired) electrons. The standard InChI is InChI=1S/C16H10N4O2S/c21-16-13(18-15(22-16)10-5-2-1-3-6-10)9-17-11-7-4-8-12-14(11)20-23-19-12/h1-9,21H. The van der Waals surface area contributed by atoms with Gasteiger partial charge in [0.2, 0.25) is 5.89 Å². The fourth-order valence-corrected chi connectivity index (χ4v) is 2.68. The van der Waals surface area contributed by atoms with Crippen molar-refractivity contribution in [3.63, 3.8) is 0 Å². The predicted octanol–water partition coefficient (Wildman–Crippen LogP) is 3.80. The molecule has 6 nitrogen and oxygen atoms in total. The molecular weight excluding hydrogens is 312 g/mol. The van der Waals surface area contributed by atoms with Gasteiger partial charge in [0.1, 0.15) is 11.0 Å². The van der Waals surface area contributed by atoms with E-state index in [1.165, 1.54) is 6.21 Å². The van der Waals surface area contributed by atoms with Crippen LogP contribution >= 0.6 is 11.7 Å². The first-order chi connectivity index (χ1) is 11.3. The number of hydrogen-bond acceptors (Lipinski definition) is 7. The van der Waals surface area contributed by atoms with Crippen LogP contribution in [0, 0.1) is 0 Å². The number of rotatable bonds is 3. The Bertz CT molecular complexity index is 992. The lowest BCUT2D eigenvalue weighted by molar-refractivity contribution is 0.337. The highest BCUT2D eigenvalue weighted by Gasteiger charge is 2.12. The van der Waals surface area contributed by atoms with Crippen LogP contribution in [0.25, 0.3) is 22.5 Å². The zero-order valence-corrected chi connectivity index (χ0v) is 12.6. The first-order valence-corrected chi connectivity index (χ1v) is 7.55. The minimum Gasteiger partial charge on any atom is -0.479 e. The summed E-state index contributed by atoms with van der Waals surface area (Å²) in [6.45, 7) is 0. The Morgan fingerprint density at radius 1 is 1.04 bits per heavy atom. The van der Waals surface area contributed by atoms with Crippen molar-refractivity contribution in [2.24, 2.45) is 4.99 Å². The molecule has 0 fully saturated rings. The van der Waals surface area contributed by atoms with E-state index in [4.69, 9.17) is 4.42 Å². The number of aromatic hydroxyl groups is 1. The highest BCUT2D eigenvalue weighted by Crippen LogP contribution is 2.27. The van der Waals surface area contributed by atoms with Crippen molar-refractivity contribution < 1.29 is 9.52 Å². The van der Waals surface area contributed by atoms with Gasteiger partial charge in [0, 0.05) is 5.56 Å². The van der Waals surface area contributed by atoms with Crippen LogP contribution in [0.3, 0.4) is 0 Å². The van der Waals surface area contributed by atoms with Crippen LogP contribution in [0.15, 0.2) is 57.9 Å². The normalized spacial score (nSPS) is 11.5. The fraction of sp³-hybridized carbons (Fsp3) is 0. The van der Waals surface area contributed by atoms with Crippen molar-refractivity contribution in [3.8, 4) is 17.4 Å². The van der Waals surface area contributed by atoms with Gasteiger partial charge in [-0.15, -0.1) is 0 Å². The van der Waals surface area contributed by atoms with E-state index in [-0.39, 0.29) is 11.6 Å². The Morgan fingerprint density at radius 3 is 2.78 bits per heavy atom. The molecule has 2 aromatic carbocycles. The first kappa shape index (κ1) is 13.6. The maximum atomic E-state index is 9.90. The zero-order chi connectivity index (χ0) is 15.6. The lowest BCUT2D eigenvalue weighted by atomic mass is 10.2. The van der Waals surface area contributed by atoms with Gasteiger partial charge in [-0.3, -0.25) is 4.99 Å². The summed E-state index contributed by atoms with van der Waals surface area (Å²) in [5.74, 6) is 0.0780. The Morgan fingerprint density at radius 2 is 1.91 bits per heavy atom. The van der Waals surface area contributed by atoms with Gasteiger partial charge >= 0.3 is 5.95 Å². The van der Waals surface area contributed by atoms with Crippen LogP contribution in [0.4, 0.5) is 5.69 Å². The summed E-state index contributed by atoms with van der Waals surface area (Å²) in [7, 11) is 0. The molecule has 0 unspecified atom stereocenters. The third kappa shape index (κ3) is 2.58. The van der Waals surface area contributed by atoms with Crippen LogP contribution < -0.4 is 0 Å². The number of nitrogens with zero attached hydrogens (tertiary/aromatic N) is 4. The monoisotopic (exact) mass is 322 g/mol. The second kappa shape index (κ2) is 5.62. The molecule has 0 aliphatic heterocycles. The number of aliphatic imine (C=N–C) groups is 1. The largest absolute Gasteiger partial charge is 0.479 e. The molecule has 0 amide bonds. The van der Waals surface area contributed by atoms with Crippen molar-refractivity contribution in [2.45, 2.75) is 0 Å².